The Labute approximate surface area is 76.4 Å². The Kier molecular flexibility index (Phi) is 2.19. The molecule has 0 radical (unpaired) electrons. The smallest absolute Gasteiger partial charge is 0.0604 e. The van der Waals surface area contributed by atoms with Crippen molar-refractivity contribution in [2.75, 3.05) is 18.5 Å². The van der Waals surface area contributed by atoms with Crippen molar-refractivity contribution in [3.8, 4) is 0 Å². The van der Waals surface area contributed by atoms with Crippen LogP contribution in [0.1, 0.15) is 0 Å². The van der Waals surface area contributed by atoms with E-state index in [1.807, 2.05) is 24.4 Å². The highest BCUT2D eigenvalue weighted by Gasteiger charge is 1.95. The third-order valence-electron chi connectivity index (χ3n) is 1.99. The molecule has 0 aliphatic heterocycles. The molecule has 1 aromatic carbocycles. The van der Waals surface area contributed by atoms with Gasteiger partial charge in [0, 0.05) is 29.3 Å². The fourth-order valence-electron chi connectivity index (χ4n) is 1.36. The average Bonchev–Trinajstić information content (AvgIpc) is 2.61. The Balaban J connectivity index is 2.26. The van der Waals surface area contributed by atoms with Gasteiger partial charge in [-0.3, -0.25) is 0 Å². The maximum atomic E-state index is 8.63. The topological polar surface area (TPSA) is 48.0 Å². The Bertz CT molecular complexity index is 394. The molecule has 0 fully saturated rings. The van der Waals surface area contributed by atoms with E-state index < -0.39 is 0 Å². The van der Waals surface area contributed by atoms with Crippen LogP contribution < -0.4 is 5.32 Å². The first-order valence-electron chi connectivity index (χ1n) is 4.32. The summed E-state index contributed by atoms with van der Waals surface area (Å²) in [6.07, 6.45) is 1.92. The van der Waals surface area contributed by atoms with Gasteiger partial charge in [-0.2, -0.15) is 0 Å². The second-order valence-electron chi connectivity index (χ2n) is 2.93. The van der Waals surface area contributed by atoms with Crippen LogP contribution in [0, 0.1) is 0 Å². The molecule has 3 N–H and O–H groups in total. The van der Waals surface area contributed by atoms with Crippen molar-refractivity contribution in [1.82, 2.24) is 4.98 Å². The molecule has 2 rings (SSSR count). The Morgan fingerprint density at radius 2 is 2.23 bits per heavy atom. The first-order chi connectivity index (χ1) is 6.40. The van der Waals surface area contributed by atoms with Crippen LogP contribution in [-0.2, 0) is 0 Å². The molecule has 3 nitrogen and oxygen atoms in total. The minimum atomic E-state index is 0.158. The summed E-state index contributed by atoms with van der Waals surface area (Å²) in [6, 6.07) is 8.10. The summed E-state index contributed by atoms with van der Waals surface area (Å²) in [5.74, 6) is 0. The van der Waals surface area contributed by atoms with E-state index in [0.717, 1.165) is 11.2 Å². The van der Waals surface area contributed by atoms with E-state index in [1.54, 1.807) is 0 Å². The Morgan fingerprint density at radius 3 is 3.08 bits per heavy atom. The van der Waals surface area contributed by atoms with Gasteiger partial charge < -0.3 is 15.4 Å². The van der Waals surface area contributed by atoms with Crippen LogP contribution in [0.3, 0.4) is 0 Å². The number of aliphatic hydroxyl groups excluding tert-OH is 1. The lowest BCUT2D eigenvalue weighted by Gasteiger charge is -2.03. The maximum absolute atomic E-state index is 8.63. The normalized spacial score (nSPS) is 10.5. The van der Waals surface area contributed by atoms with Crippen LogP contribution in [-0.4, -0.2) is 23.2 Å². The third kappa shape index (κ3) is 1.65. The molecule has 1 aromatic heterocycles. The summed E-state index contributed by atoms with van der Waals surface area (Å²) in [5, 5.41) is 12.9. The van der Waals surface area contributed by atoms with Crippen LogP contribution in [0.15, 0.2) is 30.5 Å². The van der Waals surface area contributed by atoms with Crippen molar-refractivity contribution in [2.24, 2.45) is 0 Å². The highest BCUT2D eigenvalue weighted by molar-refractivity contribution is 5.82. The van der Waals surface area contributed by atoms with E-state index in [-0.39, 0.29) is 6.61 Å². The Morgan fingerprint density at radius 1 is 1.31 bits per heavy atom. The molecule has 2 aromatic rings. The first-order valence-corrected chi connectivity index (χ1v) is 4.32. The quantitative estimate of drug-likeness (QED) is 0.664. The fraction of sp³-hybridized carbons (Fsp3) is 0.200. The largest absolute Gasteiger partial charge is 0.395 e. The highest BCUT2D eigenvalue weighted by Crippen LogP contribution is 2.17. The number of benzene rings is 1. The summed E-state index contributed by atoms with van der Waals surface area (Å²) in [7, 11) is 0. The van der Waals surface area contributed by atoms with Crippen molar-refractivity contribution in [2.45, 2.75) is 0 Å². The summed E-state index contributed by atoms with van der Waals surface area (Å²) in [5.41, 5.74) is 2.18. The SMILES string of the molecule is OCCNc1ccc2[nH]ccc2c1. The molecule has 0 bridgehead atoms. The molecular weight excluding hydrogens is 164 g/mol. The predicted molar refractivity (Wildman–Crippen MR) is 53.9 cm³/mol. The molecular formula is C10H12N2O. The van der Waals surface area contributed by atoms with Gasteiger partial charge in [-0.05, 0) is 24.3 Å². The molecule has 3 heteroatoms. The van der Waals surface area contributed by atoms with Crippen LogP contribution in [0.25, 0.3) is 10.9 Å². The molecule has 13 heavy (non-hydrogen) atoms. The molecule has 0 atom stereocenters. The number of rotatable bonds is 3. The minimum absolute atomic E-state index is 0.158. The Hall–Kier alpha value is -1.48. The van der Waals surface area contributed by atoms with Gasteiger partial charge in [0.25, 0.3) is 0 Å². The third-order valence-corrected chi connectivity index (χ3v) is 1.99. The summed E-state index contributed by atoms with van der Waals surface area (Å²) < 4.78 is 0. The lowest BCUT2D eigenvalue weighted by atomic mass is 10.2. The number of hydrogen-bond donors (Lipinski definition) is 3. The van der Waals surface area contributed by atoms with Crippen LogP contribution >= 0.6 is 0 Å². The van der Waals surface area contributed by atoms with Crippen molar-refractivity contribution in [3.63, 3.8) is 0 Å². The number of hydrogen-bond acceptors (Lipinski definition) is 2. The van der Waals surface area contributed by atoms with Gasteiger partial charge in [0.2, 0.25) is 0 Å². The summed E-state index contributed by atoms with van der Waals surface area (Å²) in [4.78, 5) is 3.13. The van der Waals surface area contributed by atoms with Crippen molar-refractivity contribution < 1.29 is 5.11 Å². The lowest BCUT2D eigenvalue weighted by molar-refractivity contribution is 0.311. The minimum Gasteiger partial charge on any atom is -0.395 e. The summed E-state index contributed by atoms with van der Waals surface area (Å²) in [6.45, 7) is 0.751. The highest BCUT2D eigenvalue weighted by atomic mass is 16.3. The molecule has 0 aliphatic rings. The summed E-state index contributed by atoms with van der Waals surface area (Å²) >= 11 is 0. The lowest BCUT2D eigenvalue weighted by Crippen LogP contribution is -2.04. The van der Waals surface area contributed by atoms with Gasteiger partial charge in [0.1, 0.15) is 0 Å². The van der Waals surface area contributed by atoms with E-state index in [9.17, 15) is 0 Å². The van der Waals surface area contributed by atoms with E-state index in [2.05, 4.69) is 16.4 Å². The van der Waals surface area contributed by atoms with E-state index in [1.165, 1.54) is 5.39 Å². The number of nitrogens with one attached hydrogen (secondary N) is 2. The fourth-order valence-corrected chi connectivity index (χ4v) is 1.36. The zero-order valence-electron chi connectivity index (χ0n) is 7.25. The van der Waals surface area contributed by atoms with E-state index in [4.69, 9.17) is 5.11 Å². The molecule has 0 spiro atoms. The number of anilines is 1. The predicted octanol–water partition coefficient (Wildman–Crippen LogP) is 1.57. The van der Waals surface area contributed by atoms with Gasteiger partial charge in [-0.1, -0.05) is 0 Å². The standard InChI is InChI=1S/C10H12N2O/c13-6-5-11-9-1-2-10-8(7-9)3-4-12-10/h1-4,7,11-13H,5-6H2. The molecule has 0 unspecified atom stereocenters. The van der Waals surface area contributed by atoms with Crippen molar-refractivity contribution >= 4 is 16.6 Å². The van der Waals surface area contributed by atoms with Gasteiger partial charge in [-0.25, -0.2) is 0 Å². The van der Waals surface area contributed by atoms with Gasteiger partial charge in [0.05, 0.1) is 6.61 Å². The van der Waals surface area contributed by atoms with Crippen LogP contribution in [0.2, 0.25) is 0 Å². The van der Waals surface area contributed by atoms with Crippen molar-refractivity contribution in [3.05, 3.63) is 30.5 Å². The van der Waals surface area contributed by atoms with Gasteiger partial charge in [0.15, 0.2) is 0 Å². The second-order valence-corrected chi connectivity index (χ2v) is 2.93. The molecule has 0 aliphatic carbocycles. The van der Waals surface area contributed by atoms with Crippen LogP contribution in [0.5, 0.6) is 0 Å². The first kappa shape index (κ1) is 8.13. The van der Waals surface area contributed by atoms with Crippen molar-refractivity contribution in [1.29, 1.82) is 0 Å². The van der Waals surface area contributed by atoms with Gasteiger partial charge >= 0.3 is 0 Å². The zero-order valence-corrected chi connectivity index (χ0v) is 7.25. The molecule has 0 saturated carbocycles. The second kappa shape index (κ2) is 3.49. The number of aromatic nitrogens is 1. The molecule has 0 saturated heterocycles. The number of H-pyrrole nitrogens is 1. The number of fused-ring (bicyclic) bond motifs is 1. The monoisotopic (exact) mass is 176 g/mol. The maximum Gasteiger partial charge on any atom is 0.0604 e. The number of aliphatic hydroxyl groups is 1. The number of aromatic amines is 1. The zero-order chi connectivity index (χ0) is 9.10. The average molecular weight is 176 g/mol. The molecule has 1 heterocycles. The van der Waals surface area contributed by atoms with Gasteiger partial charge in [-0.15, -0.1) is 0 Å². The molecule has 0 amide bonds. The van der Waals surface area contributed by atoms with E-state index in [0.29, 0.717) is 6.54 Å². The van der Waals surface area contributed by atoms with Crippen LogP contribution in [0.4, 0.5) is 5.69 Å². The van der Waals surface area contributed by atoms with E-state index >= 15 is 0 Å². The molecule has 68 valence electrons.